The van der Waals surface area contributed by atoms with Gasteiger partial charge >= 0.3 is 0 Å². The fraction of sp³-hybridized carbons (Fsp3) is 0.241. The molecule has 0 aliphatic carbocycles. The summed E-state index contributed by atoms with van der Waals surface area (Å²) in [6.45, 7) is 8.55. The summed E-state index contributed by atoms with van der Waals surface area (Å²) >= 11 is 1.36. The van der Waals surface area contributed by atoms with Gasteiger partial charge < -0.3 is 9.47 Å². The zero-order chi connectivity index (χ0) is 25.7. The summed E-state index contributed by atoms with van der Waals surface area (Å²) in [5, 5.41) is 0.658. The van der Waals surface area contributed by atoms with Crippen molar-refractivity contribution in [3.05, 3.63) is 94.1 Å². The first-order chi connectivity index (χ1) is 17.3. The lowest BCUT2D eigenvalue weighted by Crippen LogP contribution is -2.35. The summed E-state index contributed by atoms with van der Waals surface area (Å²) in [7, 11) is 0. The molecule has 0 N–H and O–H groups in total. The molecule has 0 unspecified atom stereocenters. The number of hydrogen-bond acceptors (Lipinski definition) is 5. The first kappa shape index (κ1) is 25.5. The minimum Gasteiger partial charge on any atom is -0.490 e. The maximum absolute atomic E-state index is 13.5. The molecule has 0 aromatic heterocycles. The fourth-order valence-corrected chi connectivity index (χ4v) is 4.81. The fourth-order valence-electron chi connectivity index (χ4n) is 3.69. The molecule has 1 saturated heterocycles. The smallest absolute Gasteiger partial charge is 0.266 e. The second-order valence-corrected chi connectivity index (χ2v) is 9.68. The molecular weight excluding hydrogens is 475 g/mol. The molecule has 3 aromatic rings. The van der Waals surface area contributed by atoms with E-state index in [2.05, 4.69) is 0 Å². The van der Waals surface area contributed by atoms with Crippen molar-refractivity contribution in [1.29, 1.82) is 0 Å². The van der Waals surface area contributed by atoms with Gasteiger partial charge in [0.2, 0.25) is 0 Å². The van der Waals surface area contributed by atoms with Gasteiger partial charge in [-0.05, 0) is 93.1 Å². The SMILES string of the molecule is CCOc1cc(/C=C2/SC(=Nc3ccc(C)cc3)N(C(C)C)C2=O)ccc1OCc1cccc(F)c1. The number of thioether (sulfide) groups is 1. The molecule has 1 fully saturated rings. The number of rotatable bonds is 8. The highest BCUT2D eigenvalue weighted by Gasteiger charge is 2.35. The number of carbonyl (C=O) groups excluding carboxylic acids is 1. The number of carbonyl (C=O) groups is 1. The van der Waals surface area contributed by atoms with Crippen molar-refractivity contribution >= 4 is 34.6 Å². The van der Waals surface area contributed by atoms with Gasteiger partial charge in [0.25, 0.3) is 5.91 Å². The third-order valence-electron chi connectivity index (χ3n) is 5.46. The molecule has 36 heavy (non-hydrogen) atoms. The molecule has 0 atom stereocenters. The zero-order valence-corrected chi connectivity index (χ0v) is 21.6. The van der Waals surface area contributed by atoms with E-state index in [4.69, 9.17) is 14.5 Å². The zero-order valence-electron chi connectivity index (χ0n) is 20.8. The number of halogens is 1. The molecule has 5 nitrogen and oxygen atoms in total. The molecule has 7 heteroatoms. The van der Waals surface area contributed by atoms with Gasteiger partial charge in [0.1, 0.15) is 12.4 Å². The molecule has 186 valence electrons. The van der Waals surface area contributed by atoms with E-state index in [0.29, 0.717) is 28.2 Å². The van der Waals surface area contributed by atoms with Crippen molar-refractivity contribution in [3.63, 3.8) is 0 Å². The minimum absolute atomic E-state index is 0.0299. The number of hydrogen-bond donors (Lipinski definition) is 0. The van der Waals surface area contributed by atoms with E-state index in [0.717, 1.165) is 22.4 Å². The van der Waals surface area contributed by atoms with Gasteiger partial charge in [-0.25, -0.2) is 9.38 Å². The molecule has 0 bridgehead atoms. The quantitative estimate of drug-likeness (QED) is 0.306. The van der Waals surface area contributed by atoms with Gasteiger partial charge in [0.15, 0.2) is 16.7 Å². The first-order valence-electron chi connectivity index (χ1n) is 11.9. The maximum atomic E-state index is 13.5. The molecule has 1 amide bonds. The summed E-state index contributed by atoms with van der Waals surface area (Å²) in [6, 6.07) is 19.7. The standard InChI is InChI=1S/C29H29FN2O3S/c1-5-34-26-16-21(11-14-25(26)35-18-22-7-6-8-23(30)15-22)17-27-28(33)32(19(2)3)29(36-27)31-24-12-9-20(4)10-13-24/h6-17,19H,5,18H2,1-4H3/b27-17+,31-29?. The Hall–Kier alpha value is -3.58. The summed E-state index contributed by atoms with van der Waals surface area (Å²) in [6.07, 6.45) is 1.85. The van der Waals surface area contributed by atoms with Crippen LogP contribution >= 0.6 is 11.8 Å². The minimum atomic E-state index is -0.303. The second-order valence-electron chi connectivity index (χ2n) is 8.67. The predicted octanol–water partition coefficient (Wildman–Crippen LogP) is 7.12. The van der Waals surface area contributed by atoms with Crippen LogP contribution in [-0.2, 0) is 11.4 Å². The average Bonchev–Trinajstić information content (AvgIpc) is 3.15. The van der Waals surface area contributed by atoms with Gasteiger partial charge in [-0.2, -0.15) is 0 Å². The van der Waals surface area contributed by atoms with Crippen LogP contribution in [0.25, 0.3) is 6.08 Å². The number of amides is 1. The van der Waals surface area contributed by atoms with Crippen LogP contribution in [0.3, 0.4) is 0 Å². The van der Waals surface area contributed by atoms with Crippen LogP contribution in [0.2, 0.25) is 0 Å². The monoisotopic (exact) mass is 504 g/mol. The topological polar surface area (TPSA) is 51.1 Å². The van der Waals surface area contributed by atoms with E-state index < -0.39 is 0 Å². The third kappa shape index (κ3) is 6.15. The van der Waals surface area contributed by atoms with Crippen molar-refractivity contribution in [1.82, 2.24) is 4.90 Å². The van der Waals surface area contributed by atoms with E-state index in [-0.39, 0.29) is 24.4 Å². The Morgan fingerprint density at radius 2 is 1.81 bits per heavy atom. The highest BCUT2D eigenvalue weighted by Crippen LogP contribution is 2.37. The lowest BCUT2D eigenvalue weighted by Gasteiger charge is -2.19. The number of nitrogens with zero attached hydrogens (tertiary/aromatic N) is 2. The van der Waals surface area contributed by atoms with Crippen LogP contribution in [0.15, 0.2) is 76.6 Å². The number of ether oxygens (including phenoxy) is 2. The molecule has 1 aliphatic heterocycles. The van der Waals surface area contributed by atoms with Crippen LogP contribution < -0.4 is 9.47 Å². The summed E-state index contributed by atoms with van der Waals surface area (Å²) in [4.78, 5) is 20.3. The van der Waals surface area contributed by atoms with Crippen LogP contribution in [-0.4, -0.2) is 28.6 Å². The number of benzene rings is 3. The van der Waals surface area contributed by atoms with Crippen LogP contribution in [0.4, 0.5) is 10.1 Å². The Balaban J connectivity index is 1.58. The van der Waals surface area contributed by atoms with E-state index in [1.807, 2.05) is 76.2 Å². The van der Waals surface area contributed by atoms with E-state index in [1.165, 1.54) is 23.9 Å². The third-order valence-corrected chi connectivity index (χ3v) is 6.44. The predicted molar refractivity (Wildman–Crippen MR) is 144 cm³/mol. The average molecular weight is 505 g/mol. The summed E-state index contributed by atoms with van der Waals surface area (Å²) < 4.78 is 25.2. The molecule has 1 aliphatic rings. The van der Waals surface area contributed by atoms with Gasteiger partial charge in [-0.1, -0.05) is 35.9 Å². The van der Waals surface area contributed by atoms with Crippen LogP contribution in [0.5, 0.6) is 11.5 Å². The Morgan fingerprint density at radius 3 is 2.50 bits per heavy atom. The van der Waals surface area contributed by atoms with Crippen molar-refractivity contribution in [2.75, 3.05) is 6.61 Å². The lowest BCUT2D eigenvalue weighted by molar-refractivity contribution is -0.123. The Labute approximate surface area is 215 Å². The number of amidine groups is 1. The molecule has 0 saturated carbocycles. The highest BCUT2D eigenvalue weighted by atomic mass is 32.2. The summed E-state index contributed by atoms with van der Waals surface area (Å²) in [5.41, 5.74) is 3.50. The van der Waals surface area contributed by atoms with Crippen LogP contribution in [0, 0.1) is 12.7 Å². The molecular formula is C29H29FN2O3S. The van der Waals surface area contributed by atoms with Crippen molar-refractivity contribution in [2.24, 2.45) is 4.99 Å². The van der Waals surface area contributed by atoms with Gasteiger partial charge in [0, 0.05) is 6.04 Å². The highest BCUT2D eigenvalue weighted by molar-refractivity contribution is 8.18. The Kier molecular flexibility index (Phi) is 8.10. The van der Waals surface area contributed by atoms with Crippen molar-refractivity contribution in [2.45, 2.75) is 40.3 Å². The Bertz CT molecular complexity index is 1300. The molecule has 0 radical (unpaired) electrons. The van der Waals surface area contributed by atoms with Gasteiger partial charge in [-0.15, -0.1) is 0 Å². The molecule has 0 spiro atoms. The van der Waals surface area contributed by atoms with Gasteiger partial charge in [-0.3, -0.25) is 9.69 Å². The maximum Gasteiger partial charge on any atom is 0.266 e. The van der Waals surface area contributed by atoms with Crippen LogP contribution in [0.1, 0.15) is 37.5 Å². The Morgan fingerprint density at radius 1 is 1.03 bits per heavy atom. The lowest BCUT2D eigenvalue weighted by atomic mass is 10.1. The largest absolute Gasteiger partial charge is 0.490 e. The van der Waals surface area contributed by atoms with E-state index in [9.17, 15) is 9.18 Å². The molecule has 1 heterocycles. The summed E-state index contributed by atoms with van der Waals surface area (Å²) in [5.74, 6) is 0.736. The molecule has 3 aromatic carbocycles. The van der Waals surface area contributed by atoms with Crippen molar-refractivity contribution < 1.29 is 18.7 Å². The normalized spacial score (nSPS) is 15.8. The van der Waals surface area contributed by atoms with E-state index in [1.54, 1.807) is 17.0 Å². The van der Waals surface area contributed by atoms with E-state index >= 15 is 0 Å². The molecule has 4 rings (SSSR count). The van der Waals surface area contributed by atoms with Gasteiger partial charge in [0.05, 0.1) is 17.2 Å². The van der Waals surface area contributed by atoms with Crippen molar-refractivity contribution in [3.8, 4) is 11.5 Å². The number of aliphatic imine (C=N–C) groups is 1. The first-order valence-corrected chi connectivity index (χ1v) is 12.7. The second kappa shape index (κ2) is 11.4. The number of aryl methyl sites for hydroxylation is 1.